The van der Waals surface area contributed by atoms with E-state index in [2.05, 4.69) is 24.1 Å². The quantitative estimate of drug-likeness (QED) is 0.753. The molecule has 0 saturated carbocycles. The lowest BCUT2D eigenvalue weighted by molar-refractivity contribution is -0.122. The van der Waals surface area contributed by atoms with Crippen LogP contribution >= 0.6 is 0 Å². The maximum absolute atomic E-state index is 11.6. The Morgan fingerprint density at radius 2 is 1.94 bits per heavy atom. The second-order valence-electron chi connectivity index (χ2n) is 4.79. The van der Waals surface area contributed by atoms with Gasteiger partial charge in [0.1, 0.15) is 0 Å². The second-order valence-corrected chi connectivity index (χ2v) is 4.79. The van der Waals surface area contributed by atoms with Crippen LogP contribution in [0.1, 0.15) is 52.4 Å². The Hall–Kier alpha value is -0.570. The molecule has 0 aromatic heterocycles. The van der Waals surface area contributed by atoms with Crippen molar-refractivity contribution in [3.05, 3.63) is 0 Å². The number of carbonyl (C=O) groups excluding carboxylic acids is 1. The zero-order valence-corrected chi connectivity index (χ0v) is 10.8. The van der Waals surface area contributed by atoms with Crippen molar-refractivity contribution in [2.75, 3.05) is 19.6 Å². The first kappa shape index (κ1) is 13.5. The molecule has 94 valence electrons. The van der Waals surface area contributed by atoms with E-state index in [9.17, 15) is 4.79 Å². The second kappa shape index (κ2) is 7.66. The number of carbonyl (C=O) groups is 1. The lowest BCUT2D eigenvalue weighted by Gasteiger charge is -2.32. The summed E-state index contributed by atoms with van der Waals surface area (Å²) in [5, 5.41) is 3.15. The molecule has 0 atom stereocenters. The maximum atomic E-state index is 11.6. The van der Waals surface area contributed by atoms with Crippen molar-refractivity contribution in [1.82, 2.24) is 10.2 Å². The summed E-state index contributed by atoms with van der Waals surface area (Å²) in [6.07, 6.45) is 6.29. The van der Waals surface area contributed by atoms with Gasteiger partial charge in [-0.05, 0) is 32.2 Å². The number of unbranched alkanes of at least 4 members (excludes halogenated alkanes) is 1. The molecule has 3 heteroatoms. The van der Waals surface area contributed by atoms with Crippen LogP contribution in [0.5, 0.6) is 0 Å². The first-order chi connectivity index (χ1) is 7.76. The Kier molecular flexibility index (Phi) is 6.46. The summed E-state index contributed by atoms with van der Waals surface area (Å²) in [6.45, 7) is 7.84. The minimum Gasteiger partial charge on any atom is -0.353 e. The summed E-state index contributed by atoms with van der Waals surface area (Å²) < 4.78 is 0. The third kappa shape index (κ3) is 4.97. The molecule has 1 amide bonds. The lowest BCUT2D eigenvalue weighted by Crippen LogP contribution is -2.44. The highest BCUT2D eigenvalue weighted by molar-refractivity contribution is 5.76. The first-order valence-electron chi connectivity index (χ1n) is 6.78. The van der Waals surface area contributed by atoms with Crippen LogP contribution in [-0.4, -0.2) is 36.5 Å². The molecule has 0 aromatic carbocycles. The lowest BCUT2D eigenvalue weighted by atomic mass is 10.0. The SMILES string of the molecule is CCCCC(=O)NC1CCN(CCC)CC1. The van der Waals surface area contributed by atoms with Gasteiger partial charge < -0.3 is 10.2 Å². The summed E-state index contributed by atoms with van der Waals surface area (Å²) in [5.74, 6) is 0.246. The van der Waals surface area contributed by atoms with Crippen molar-refractivity contribution in [1.29, 1.82) is 0 Å². The molecule has 1 N–H and O–H groups in total. The fourth-order valence-electron chi connectivity index (χ4n) is 2.25. The number of likely N-dealkylation sites (tertiary alicyclic amines) is 1. The van der Waals surface area contributed by atoms with Gasteiger partial charge in [0.25, 0.3) is 0 Å². The van der Waals surface area contributed by atoms with Crippen molar-refractivity contribution < 1.29 is 4.79 Å². The van der Waals surface area contributed by atoms with Crippen LogP contribution in [0.3, 0.4) is 0 Å². The molecule has 1 fully saturated rings. The van der Waals surface area contributed by atoms with Gasteiger partial charge in [0.2, 0.25) is 5.91 Å². The zero-order chi connectivity index (χ0) is 11.8. The Morgan fingerprint density at radius 3 is 2.50 bits per heavy atom. The van der Waals surface area contributed by atoms with Gasteiger partial charge in [-0.15, -0.1) is 0 Å². The van der Waals surface area contributed by atoms with Gasteiger partial charge >= 0.3 is 0 Å². The Morgan fingerprint density at radius 1 is 1.25 bits per heavy atom. The van der Waals surface area contributed by atoms with Crippen molar-refractivity contribution >= 4 is 5.91 Å². The molecule has 0 aliphatic carbocycles. The molecule has 0 spiro atoms. The third-order valence-electron chi connectivity index (χ3n) is 3.25. The molecule has 1 aliphatic heterocycles. The fraction of sp³-hybridized carbons (Fsp3) is 0.923. The highest BCUT2D eigenvalue weighted by atomic mass is 16.1. The van der Waals surface area contributed by atoms with Crippen molar-refractivity contribution in [3.63, 3.8) is 0 Å². The van der Waals surface area contributed by atoms with Crippen LogP contribution in [0.15, 0.2) is 0 Å². The normalized spacial score (nSPS) is 18.6. The number of nitrogens with zero attached hydrogens (tertiary/aromatic N) is 1. The number of amides is 1. The molecule has 1 heterocycles. The predicted molar refractivity (Wildman–Crippen MR) is 67.4 cm³/mol. The van der Waals surface area contributed by atoms with E-state index >= 15 is 0 Å². The average molecular weight is 226 g/mol. The van der Waals surface area contributed by atoms with Gasteiger partial charge in [0.05, 0.1) is 0 Å². The average Bonchev–Trinajstić information content (AvgIpc) is 2.29. The number of nitrogens with one attached hydrogen (secondary N) is 1. The largest absolute Gasteiger partial charge is 0.353 e. The standard InChI is InChI=1S/C13H26N2O/c1-3-5-6-13(16)14-12-7-10-15(9-4-2)11-8-12/h12H,3-11H2,1-2H3,(H,14,16). The molecular formula is C13H26N2O. The van der Waals surface area contributed by atoms with Gasteiger partial charge in [-0.25, -0.2) is 0 Å². The van der Waals surface area contributed by atoms with Crippen LogP contribution in [0.2, 0.25) is 0 Å². The van der Waals surface area contributed by atoms with Crippen molar-refractivity contribution in [3.8, 4) is 0 Å². The summed E-state index contributed by atoms with van der Waals surface area (Å²) in [6, 6.07) is 0.428. The Bertz CT molecular complexity index is 198. The maximum Gasteiger partial charge on any atom is 0.220 e. The van der Waals surface area contributed by atoms with Crippen LogP contribution in [0.25, 0.3) is 0 Å². The van der Waals surface area contributed by atoms with Crippen LogP contribution in [-0.2, 0) is 4.79 Å². The van der Waals surface area contributed by atoms with E-state index in [4.69, 9.17) is 0 Å². The molecule has 3 nitrogen and oxygen atoms in total. The monoisotopic (exact) mass is 226 g/mol. The highest BCUT2D eigenvalue weighted by Crippen LogP contribution is 2.10. The van der Waals surface area contributed by atoms with E-state index in [-0.39, 0.29) is 5.91 Å². The van der Waals surface area contributed by atoms with Crippen LogP contribution < -0.4 is 5.32 Å². The van der Waals surface area contributed by atoms with Gasteiger partial charge in [-0.3, -0.25) is 4.79 Å². The van der Waals surface area contributed by atoms with Gasteiger partial charge in [0, 0.05) is 25.6 Å². The summed E-state index contributed by atoms with van der Waals surface area (Å²) in [7, 11) is 0. The smallest absolute Gasteiger partial charge is 0.220 e. The van der Waals surface area contributed by atoms with Crippen LogP contribution in [0.4, 0.5) is 0 Å². The molecule has 0 aromatic rings. The molecule has 1 aliphatic rings. The molecule has 1 saturated heterocycles. The van der Waals surface area contributed by atoms with Crippen molar-refractivity contribution in [2.24, 2.45) is 0 Å². The van der Waals surface area contributed by atoms with E-state index in [1.54, 1.807) is 0 Å². The molecule has 0 unspecified atom stereocenters. The number of hydrogen-bond donors (Lipinski definition) is 1. The Labute approximate surface area is 99.6 Å². The number of rotatable bonds is 6. The van der Waals surface area contributed by atoms with Crippen molar-refractivity contribution in [2.45, 2.75) is 58.4 Å². The molecule has 0 bridgehead atoms. The van der Waals surface area contributed by atoms with Gasteiger partial charge in [-0.2, -0.15) is 0 Å². The van der Waals surface area contributed by atoms with E-state index < -0.39 is 0 Å². The molecule has 16 heavy (non-hydrogen) atoms. The fourth-order valence-corrected chi connectivity index (χ4v) is 2.25. The Balaban J connectivity index is 2.14. The third-order valence-corrected chi connectivity index (χ3v) is 3.25. The summed E-state index contributed by atoms with van der Waals surface area (Å²) in [5.41, 5.74) is 0. The number of hydrogen-bond acceptors (Lipinski definition) is 2. The van der Waals surface area contributed by atoms with Gasteiger partial charge in [-0.1, -0.05) is 20.3 Å². The minimum absolute atomic E-state index is 0.246. The minimum atomic E-state index is 0.246. The van der Waals surface area contributed by atoms with E-state index in [1.807, 2.05) is 0 Å². The zero-order valence-electron chi connectivity index (χ0n) is 10.8. The van der Waals surface area contributed by atoms with E-state index in [0.717, 1.165) is 38.8 Å². The van der Waals surface area contributed by atoms with Gasteiger partial charge in [0.15, 0.2) is 0 Å². The topological polar surface area (TPSA) is 32.3 Å². The van der Waals surface area contributed by atoms with Crippen LogP contribution in [0, 0.1) is 0 Å². The predicted octanol–water partition coefficient (Wildman–Crippen LogP) is 2.17. The molecule has 0 radical (unpaired) electrons. The molecular weight excluding hydrogens is 200 g/mol. The van der Waals surface area contributed by atoms with E-state index in [0.29, 0.717) is 12.5 Å². The highest BCUT2D eigenvalue weighted by Gasteiger charge is 2.19. The summed E-state index contributed by atoms with van der Waals surface area (Å²) in [4.78, 5) is 14.0. The summed E-state index contributed by atoms with van der Waals surface area (Å²) >= 11 is 0. The van der Waals surface area contributed by atoms with E-state index in [1.165, 1.54) is 13.0 Å². The number of piperidine rings is 1. The first-order valence-corrected chi connectivity index (χ1v) is 6.78. The molecule has 1 rings (SSSR count).